The first-order valence-corrected chi connectivity index (χ1v) is 6.09. The van der Waals surface area contributed by atoms with Crippen LogP contribution in [0, 0.1) is 5.82 Å². The van der Waals surface area contributed by atoms with Gasteiger partial charge in [-0.15, -0.1) is 10.2 Å². The Kier molecular flexibility index (Phi) is 4.11. The first-order chi connectivity index (χ1) is 9.10. The van der Waals surface area contributed by atoms with Crippen LogP contribution in [-0.4, -0.2) is 10.2 Å². The molecule has 2 aromatic rings. The summed E-state index contributed by atoms with van der Waals surface area (Å²) in [4.78, 5) is 0. The summed E-state index contributed by atoms with van der Waals surface area (Å²) in [6.45, 7) is 3.82. The van der Waals surface area contributed by atoms with Crippen LogP contribution in [0.5, 0.6) is 5.75 Å². The smallest absolute Gasteiger partial charge is 0.253 e. The summed E-state index contributed by atoms with van der Waals surface area (Å²) in [5.41, 5.74) is 6.54. The van der Waals surface area contributed by atoms with Gasteiger partial charge in [-0.05, 0) is 13.0 Å². The van der Waals surface area contributed by atoms with Crippen LogP contribution >= 0.6 is 0 Å². The molecule has 0 fully saturated rings. The zero-order chi connectivity index (χ0) is 13.8. The van der Waals surface area contributed by atoms with Crippen molar-refractivity contribution in [3.63, 3.8) is 0 Å². The van der Waals surface area contributed by atoms with Crippen LogP contribution in [0.2, 0.25) is 0 Å². The van der Waals surface area contributed by atoms with Crippen molar-refractivity contribution < 1.29 is 13.5 Å². The zero-order valence-electron chi connectivity index (χ0n) is 10.9. The van der Waals surface area contributed by atoms with Gasteiger partial charge in [0.2, 0.25) is 5.89 Å². The molecule has 1 aromatic heterocycles. The Morgan fingerprint density at radius 1 is 1.37 bits per heavy atom. The fourth-order valence-electron chi connectivity index (χ4n) is 1.64. The van der Waals surface area contributed by atoms with Crippen molar-refractivity contribution in [2.24, 2.45) is 5.73 Å². The predicted octanol–water partition coefficient (Wildman–Crippen LogP) is 2.37. The molecule has 0 aliphatic carbocycles. The highest BCUT2D eigenvalue weighted by atomic mass is 19.1. The minimum Gasteiger partial charge on any atom is -0.483 e. The van der Waals surface area contributed by atoms with Crippen molar-refractivity contribution in [1.29, 1.82) is 0 Å². The van der Waals surface area contributed by atoms with Crippen molar-refractivity contribution >= 4 is 0 Å². The molecule has 6 heteroatoms. The number of aryl methyl sites for hydroxylation is 1. The van der Waals surface area contributed by atoms with Gasteiger partial charge < -0.3 is 14.9 Å². The van der Waals surface area contributed by atoms with E-state index in [1.54, 1.807) is 6.07 Å². The lowest BCUT2D eigenvalue weighted by atomic mass is 10.1. The topological polar surface area (TPSA) is 74.2 Å². The summed E-state index contributed by atoms with van der Waals surface area (Å²) < 4.78 is 24.0. The molecule has 5 nitrogen and oxygen atoms in total. The maximum Gasteiger partial charge on any atom is 0.253 e. The van der Waals surface area contributed by atoms with Gasteiger partial charge in [0.1, 0.15) is 11.6 Å². The largest absolute Gasteiger partial charge is 0.483 e. The van der Waals surface area contributed by atoms with Crippen LogP contribution in [0.1, 0.15) is 37.2 Å². The van der Waals surface area contributed by atoms with E-state index in [-0.39, 0.29) is 18.5 Å². The van der Waals surface area contributed by atoms with E-state index in [1.807, 2.05) is 13.8 Å². The highest BCUT2D eigenvalue weighted by molar-refractivity contribution is 5.36. The van der Waals surface area contributed by atoms with Gasteiger partial charge in [-0.25, -0.2) is 4.39 Å². The van der Waals surface area contributed by atoms with E-state index < -0.39 is 0 Å². The van der Waals surface area contributed by atoms with E-state index in [2.05, 4.69) is 10.2 Å². The van der Waals surface area contributed by atoms with Crippen molar-refractivity contribution in [3.8, 4) is 5.75 Å². The Bertz CT molecular complexity index is 555. The average molecular weight is 265 g/mol. The molecule has 0 bridgehead atoms. The molecular formula is C13H16FN3O2. The van der Waals surface area contributed by atoms with Gasteiger partial charge >= 0.3 is 0 Å². The molecule has 0 amide bonds. The van der Waals surface area contributed by atoms with Crippen molar-refractivity contribution in [2.45, 2.75) is 32.9 Å². The van der Waals surface area contributed by atoms with Crippen LogP contribution < -0.4 is 10.5 Å². The summed E-state index contributed by atoms with van der Waals surface area (Å²) >= 11 is 0. The lowest BCUT2D eigenvalue weighted by Crippen LogP contribution is -2.08. The van der Waals surface area contributed by atoms with Gasteiger partial charge in [0.25, 0.3) is 5.89 Å². The maximum absolute atomic E-state index is 13.2. The van der Waals surface area contributed by atoms with E-state index in [4.69, 9.17) is 14.9 Å². The molecule has 1 aromatic carbocycles. The number of hydrogen-bond acceptors (Lipinski definition) is 5. The molecule has 0 aliphatic heterocycles. The molecule has 0 aliphatic rings. The normalized spacial score (nSPS) is 12.4. The summed E-state index contributed by atoms with van der Waals surface area (Å²) in [5.74, 6) is 0.924. The lowest BCUT2D eigenvalue weighted by molar-refractivity contribution is 0.255. The maximum atomic E-state index is 13.2. The van der Waals surface area contributed by atoms with Crippen LogP contribution in [0.15, 0.2) is 22.6 Å². The number of hydrogen-bond donors (Lipinski definition) is 1. The van der Waals surface area contributed by atoms with Gasteiger partial charge in [-0.3, -0.25) is 0 Å². The van der Waals surface area contributed by atoms with E-state index in [9.17, 15) is 4.39 Å². The quantitative estimate of drug-likeness (QED) is 0.898. The Balaban J connectivity index is 2.12. The Morgan fingerprint density at radius 3 is 2.74 bits per heavy atom. The number of nitrogens with zero attached hydrogens (tertiary/aromatic N) is 2. The third-order valence-electron chi connectivity index (χ3n) is 2.63. The Labute approximate surface area is 110 Å². The number of aromatic nitrogens is 2. The minimum absolute atomic E-state index is 0.0934. The molecule has 19 heavy (non-hydrogen) atoms. The van der Waals surface area contributed by atoms with Crippen LogP contribution in [0.25, 0.3) is 0 Å². The third-order valence-corrected chi connectivity index (χ3v) is 2.63. The Hall–Kier alpha value is -1.95. The second-order valence-electron chi connectivity index (χ2n) is 4.20. The molecule has 2 N–H and O–H groups in total. The average Bonchev–Trinajstić information content (AvgIpc) is 2.84. The molecule has 1 atom stereocenters. The van der Waals surface area contributed by atoms with Crippen molar-refractivity contribution in [2.75, 3.05) is 0 Å². The summed E-state index contributed by atoms with van der Waals surface area (Å²) in [6, 6.07) is 4.02. The molecule has 0 spiro atoms. The number of ether oxygens (including phenoxy) is 1. The highest BCUT2D eigenvalue weighted by Crippen LogP contribution is 2.25. The molecule has 0 saturated heterocycles. The second-order valence-corrected chi connectivity index (χ2v) is 4.20. The van der Waals surface area contributed by atoms with Gasteiger partial charge in [-0.2, -0.15) is 0 Å². The van der Waals surface area contributed by atoms with Crippen molar-refractivity contribution in [3.05, 3.63) is 41.4 Å². The standard InChI is InChI=1S/C13H16FN3O2/c1-3-12-16-17-13(19-12)7-18-11-6-9(14)4-5-10(11)8(2)15/h4-6,8H,3,7,15H2,1-2H3/t8-/m0/s1. The van der Waals surface area contributed by atoms with E-state index in [0.717, 1.165) is 5.56 Å². The molecule has 102 valence electrons. The third kappa shape index (κ3) is 3.29. The molecule has 1 heterocycles. The minimum atomic E-state index is -0.376. The first-order valence-electron chi connectivity index (χ1n) is 6.09. The summed E-state index contributed by atoms with van der Waals surface area (Å²) in [5, 5.41) is 7.66. The molecule has 0 unspecified atom stereocenters. The number of nitrogens with two attached hydrogens (primary N) is 1. The molecule has 0 saturated carbocycles. The van der Waals surface area contributed by atoms with Crippen LogP contribution in [-0.2, 0) is 13.0 Å². The molecule has 2 rings (SSSR count). The fraction of sp³-hybridized carbons (Fsp3) is 0.385. The lowest BCUT2D eigenvalue weighted by Gasteiger charge is -2.12. The van der Waals surface area contributed by atoms with Crippen molar-refractivity contribution in [1.82, 2.24) is 10.2 Å². The first kappa shape index (κ1) is 13.5. The van der Waals surface area contributed by atoms with Gasteiger partial charge in [0, 0.05) is 24.1 Å². The van der Waals surface area contributed by atoms with Gasteiger partial charge in [-0.1, -0.05) is 13.0 Å². The van der Waals surface area contributed by atoms with E-state index >= 15 is 0 Å². The summed E-state index contributed by atoms with van der Waals surface area (Å²) in [7, 11) is 0. The van der Waals surface area contributed by atoms with E-state index in [0.29, 0.717) is 24.0 Å². The van der Waals surface area contributed by atoms with E-state index in [1.165, 1.54) is 12.1 Å². The molecule has 0 radical (unpaired) electrons. The highest BCUT2D eigenvalue weighted by Gasteiger charge is 2.11. The van der Waals surface area contributed by atoms with Gasteiger partial charge in [0.15, 0.2) is 6.61 Å². The number of rotatable bonds is 5. The SMILES string of the molecule is CCc1nnc(COc2cc(F)ccc2[C@H](C)N)o1. The van der Waals surface area contributed by atoms with Crippen LogP contribution in [0.4, 0.5) is 4.39 Å². The zero-order valence-corrected chi connectivity index (χ0v) is 10.9. The summed E-state index contributed by atoms with van der Waals surface area (Å²) in [6.07, 6.45) is 0.665. The predicted molar refractivity (Wildman–Crippen MR) is 67.0 cm³/mol. The van der Waals surface area contributed by atoms with Gasteiger partial charge in [0.05, 0.1) is 0 Å². The number of halogens is 1. The monoisotopic (exact) mass is 265 g/mol. The number of benzene rings is 1. The Morgan fingerprint density at radius 2 is 2.11 bits per heavy atom. The molecular weight excluding hydrogens is 249 g/mol. The van der Waals surface area contributed by atoms with Crippen LogP contribution in [0.3, 0.4) is 0 Å². The second kappa shape index (κ2) is 5.79. The fourth-order valence-corrected chi connectivity index (χ4v) is 1.64.